The van der Waals surface area contributed by atoms with Gasteiger partial charge in [0.05, 0.1) is 0 Å². The second kappa shape index (κ2) is 6.51. The third kappa shape index (κ3) is 4.32. The largest absolute Gasteiger partial charge is 0.486 e. The molecule has 0 radical (unpaired) electrons. The van der Waals surface area contributed by atoms with Gasteiger partial charge in [-0.3, -0.25) is 4.79 Å². The van der Waals surface area contributed by atoms with Crippen LogP contribution >= 0.6 is 0 Å². The van der Waals surface area contributed by atoms with Crippen molar-refractivity contribution >= 4 is 11.9 Å². The lowest BCUT2D eigenvalue weighted by molar-refractivity contribution is -0.143. The van der Waals surface area contributed by atoms with Crippen LogP contribution in [-0.4, -0.2) is 22.5 Å². The molecule has 1 heterocycles. The van der Waals surface area contributed by atoms with Gasteiger partial charge >= 0.3 is 5.97 Å². The van der Waals surface area contributed by atoms with Crippen molar-refractivity contribution in [3.05, 3.63) is 53.7 Å². The Morgan fingerprint density at radius 3 is 2.48 bits per heavy atom. The average molecular weight is 321 g/mol. The maximum atomic E-state index is 12.8. The first-order chi connectivity index (χ1) is 10.8. The van der Waals surface area contributed by atoms with E-state index >= 15 is 0 Å². The quantitative estimate of drug-likeness (QED) is 0.853. The van der Waals surface area contributed by atoms with Gasteiger partial charge in [0.2, 0.25) is 0 Å². The van der Waals surface area contributed by atoms with Gasteiger partial charge in [0.25, 0.3) is 5.91 Å². The fraction of sp³-hybridized carbons (Fsp3) is 0.250. The molecule has 2 aromatic rings. The molecule has 23 heavy (non-hydrogen) atoms. The number of ether oxygens (including phenoxy) is 1. The predicted molar refractivity (Wildman–Crippen MR) is 78.6 cm³/mol. The summed E-state index contributed by atoms with van der Waals surface area (Å²) in [6, 6.07) is 8.46. The van der Waals surface area contributed by atoms with E-state index in [1.807, 2.05) is 0 Å². The van der Waals surface area contributed by atoms with E-state index in [4.69, 9.17) is 14.3 Å². The third-order valence-corrected chi connectivity index (χ3v) is 3.04. The molecular formula is C16H16FNO5. The van der Waals surface area contributed by atoms with E-state index in [0.717, 1.165) is 0 Å². The molecule has 7 heteroatoms. The normalized spacial score (nSPS) is 11.1. The zero-order valence-electron chi connectivity index (χ0n) is 12.6. The van der Waals surface area contributed by atoms with Gasteiger partial charge in [-0.1, -0.05) is 0 Å². The van der Waals surface area contributed by atoms with Crippen LogP contribution in [0.15, 0.2) is 40.8 Å². The number of carboxylic acid groups (broad SMARTS) is 1. The van der Waals surface area contributed by atoms with Gasteiger partial charge in [0.15, 0.2) is 5.76 Å². The minimum Gasteiger partial charge on any atom is -0.486 e. The number of amides is 1. The van der Waals surface area contributed by atoms with Gasteiger partial charge in [-0.25, -0.2) is 9.18 Å². The molecule has 6 nitrogen and oxygen atoms in total. The zero-order valence-corrected chi connectivity index (χ0v) is 12.6. The number of carbonyl (C=O) groups excluding carboxylic acids is 1. The molecule has 2 N–H and O–H groups in total. The summed E-state index contributed by atoms with van der Waals surface area (Å²) in [5, 5.41) is 11.3. The molecule has 0 fully saturated rings. The van der Waals surface area contributed by atoms with E-state index in [1.165, 1.54) is 44.2 Å². The fourth-order valence-corrected chi connectivity index (χ4v) is 1.66. The van der Waals surface area contributed by atoms with E-state index in [2.05, 4.69) is 5.32 Å². The number of aliphatic carboxylic acids is 1. The van der Waals surface area contributed by atoms with E-state index < -0.39 is 17.4 Å². The Labute approximate surface area is 131 Å². The maximum Gasteiger partial charge on any atom is 0.328 e. The maximum absolute atomic E-state index is 12.8. The van der Waals surface area contributed by atoms with Gasteiger partial charge in [0.1, 0.15) is 29.5 Å². The topological polar surface area (TPSA) is 88.8 Å². The van der Waals surface area contributed by atoms with Crippen molar-refractivity contribution in [3.63, 3.8) is 0 Å². The molecule has 0 aliphatic rings. The van der Waals surface area contributed by atoms with Crippen molar-refractivity contribution < 1.29 is 28.2 Å². The Bertz CT molecular complexity index is 706. The van der Waals surface area contributed by atoms with Gasteiger partial charge in [-0.05, 0) is 50.2 Å². The monoisotopic (exact) mass is 321 g/mol. The molecule has 0 saturated heterocycles. The molecule has 1 amide bonds. The van der Waals surface area contributed by atoms with E-state index in [9.17, 15) is 14.0 Å². The van der Waals surface area contributed by atoms with Gasteiger partial charge < -0.3 is 19.6 Å². The molecule has 0 unspecified atom stereocenters. The second-order valence-electron chi connectivity index (χ2n) is 5.39. The van der Waals surface area contributed by atoms with Crippen LogP contribution in [0.25, 0.3) is 0 Å². The number of furan rings is 1. The van der Waals surface area contributed by atoms with Crippen LogP contribution in [0.5, 0.6) is 5.75 Å². The standard InChI is InChI=1S/C16H16FNO5/c1-16(2,15(20)21)18-14(19)13-8-7-12(23-13)9-22-11-5-3-10(17)4-6-11/h3-8H,9H2,1-2H3,(H,18,19)(H,20,21). The van der Waals surface area contributed by atoms with Crippen LogP contribution in [0.2, 0.25) is 0 Å². The summed E-state index contributed by atoms with van der Waals surface area (Å²) >= 11 is 0. The molecule has 1 aromatic carbocycles. The van der Waals surface area contributed by atoms with Crippen molar-refractivity contribution in [2.75, 3.05) is 0 Å². The Morgan fingerprint density at radius 1 is 1.22 bits per heavy atom. The average Bonchev–Trinajstić information content (AvgIpc) is 2.95. The first-order valence-electron chi connectivity index (χ1n) is 6.81. The van der Waals surface area contributed by atoms with E-state index in [1.54, 1.807) is 6.07 Å². The number of benzene rings is 1. The number of halogens is 1. The molecule has 0 aliphatic heterocycles. The molecule has 122 valence electrons. The van der Waals surface area contributed by atoms with Crippen LogP contribution in [0.1, 0.15) is 30.2 Å². The van der Waals surface area contributed by atoms with Crippen LogP contribution in [0.4, 0.5) is 4.39 Å². The molecule has 0 spiro atoms. The second-order valence-corrected chi connectivity index (χ2v) is 5.39. The van der Waals surface area contributed by atoms with Crippen LogP contribution in [0.3, 0.4) is 0 Å². The lowest BCUT2D eigenvalue weighted by Crippen LogP contribution is -2.49. The summed E-state index contributed by atoms with van der Waals surface area (Å²) in [5.74, 6) is -1.33. The minimum absolute atomic E-state index is 0.0166. The number of nitrogens with one attached hydrogen (secondary N) is 1. The fourth-order valence-electron chi connectivity index (χ4n) is 1.66. The summed E-state index contributed by atoms with van der Waals surface area (Å²) in [6.07, 6.45) is 0. The van der Waals surface area contributed by atoms with Crippen LogP contribution < -0.4 is 10.1 Å². The van der Waals surface area contributed by atoms with E-state index in [0.29, 0.717) is 11.5 Å². The van der Waals surface area contributed by atoms with Crippen LogP contribution in [0, 0.1) is 5.82 Å². The summed E-state index contributed by atoms with van der Waals surface area (Å²) < 4.78 is 23.5. The number of hydrogen-bond donors (Lipinski definition) is 2. The Balaban J connectivity index is 1.96. The highest BCUT2D eigenvalue weighted by atomic mass is 19.1. The molecule has 0 aliphatic carbocycles. The summed E-state index contributed by atoms with van der Waals surface area (Å²) in [4.78, 5) is 22.9. The first-order valence-corrected chi connectivity index (χ1v) is 6.81. The number of carbonyl (C=O) groups is 2. The van der Waals surface area contributed by atoms with Gasteiger partial charge in [0, 0.05) is 0 Å². The molecule has 0 atom stereocenters. The first kappa shape index (κ1) is 16.5. The molecular weight excluding hydrogens is 305 g/mol. The highest BCUT2D eigenvalue weighted by molar-refractivity contribution is 5.95. The highest BCUT2D eigenvalue weighted by Crippen LogP contribution is 2.15. The summed E-state index contributed by atoms with van der Waals surface area (Å²) in [5.41, 5.74) is -1.41. The van der Waals surface area contributed by atoms with Crippen molar-refractivity contribution in [3.8, 4) is 5.75 Å². The summed E-state index contributed by atoms with van der Waals surface area (Å²) in [7, 11) is 0. The highest BCUT2D eigenvalue weighted by Gasteiger charge is 2.30. The molecule has 0 saturated carbocycles. The SMILES string of the molecule is CC(C)(NC(=O)c1ccc(COc2ccc(F)cc2)o1)C(=O)O. The zero-order chi connectivity index (χ0) is 17.0. The minimum atomic E-state index is -1.41. The van der Waals surface area contributed by atoms with Crippen molar-refractivity contribution in [2.24, 2.45) is 0 Å². The van der Waals surface area contributed by atoms with E-state index in [-0.39, 0.29) is 18.2 Å². The lowest BCUT2D eigenvalue weighted by Gasteiger charge is -2.19. The Kier molecular flexibility index (Phi) is 4.68. The third-order valence-electron chi connectivity index (χ3n) is 3.04. The number of hydrogen-bond acceptors (Lipinski definition) is 4. The molecule has 2 rings (SSSR count). The molecule has 0 bridgehead atoms. The van der Waals surface area contributed by atoms with Crippen molar-refractivity contribution in [1.82, 2.24) is 5.32 Å². The smallest absolute Gasteiger partial charge is 0.328 e. The Hall–Kier alpha value is -2.83. The number of carboxylic acids is 1. The number of rotatable bonds is 6. The van der Waals surface area contributed by atoms with Gasteiger partial charge in [-0.2, -0.15) is 0 Å². The van der Waals surface area contributed by atoms with Crippen molar-refractivity contribution in [2.45, 2.75) is 26.0 Å². The predicted octanol–water partition coefficient (Wildman–Crippen LogP) is 2.59. The van der Waals surface area contributed by atoms with Gasteiger partial charge in [-0.15, -0.1) is 0 Å². The Morgan fingerprint density at radius 2 is 1.87 bits per heavy atom. The molecule has 1 aromatic heterocycles. The van der Waals surface area contributed by atoms with Crippen LogP contribution in [-0.2, 0) is 11.4 Å². The lowest BCUT2D eigenvalue weighted by atomic mass is 10.1. The summed E-state index contributed by atoms with van der Waals surface area (Å²) in [6.45, 7) is 2.80. The van der Waals surface area contributed by atoms with Crippen molar-refractivity contribution in [1.29, 1.82) is 0 Å².